The molecule has 0 aliphatic carbocycles. The second-order valence-corrected chi connectivity index (χ2v) is 6.09. The molecule has 2 aliphatic heterocycles. The molecule has 0 N–H and O–H groups in total. The largest absolute Gasteiger partial charge is 0.490 e. The molecule has 2 heterocycles. The molecule has 0 saturated carbocycles. The van der Waals surface area contributed by atoms with Gasteiger partial charge in [0.15, 0.2) is 11.5 Å². The summed E-state index contributed by atoms with van der Waals surface area (Å²) in [7, 11) is 0. The first-order valence-corrected chi connectivity index (χ1v) is 8.11. The third kappa shape index (κ3) is 3.09. The molecule has 5 heteroatoms. The Morgan fingerprint density at radius 2 is 2.00 bits per heavy atom. The Morgan fingerprint density at radius 3 is 2.87 bits per heavy atom. The fraction of sp³-hybridized carbons (Fsp3) is 0.333. The van der Waals surface area contributed by atoms with Crippen molar-refractivity contribution in [1.29, 1.82) is 0 Å². The average molecular weight is 333 g/mol. The Balaban J connectivity index is 1.62. The number of rotatable bonds is 4. The summed E-state index contributed by atoms with van der Waals surface area (Å²) in [6.45, 7) is 1.64. The minimum atomic E-state index is 0.176. The second kappa shape index (κ2) is 6.30. The summed E-state index contributed by atoms with van der Waals surface area (Å²) in [5, 5.41) is 0.669. The molecule has 0 radical (unpaired) electrons. The molecule has 1 fully saturated rings. The first-order chi connectivity index (χ1) is 11.3. The van der Waals surface area contributed by atoms with Crippen molar-refractivity contribution in [3.63, 3.8) is 0 Å². The molecule has 0 spiro atoms. The zero-order valence-electron chi connectivity index (χ0n) is 12.6. The summed E-state index contributed by atoms with van der Waals surface area (Å²) in [4.78, 5) is 0. The van der Waals surface area contributed by atoms with Crippen molar-refractivity contribution in [2.24, 2.45) is 0 Å². The van der Waals surface area contributed by atoms with Crippen LogP contribution in [0.3, 0.4) is 0 Å². The van der Waals surface area contributed by atoms with E-state index in [2.05, 4.69) is 0 Å². The SMILES string of the molecule is Clc1ccc(OCC2CCCO2)c(-c2ccc3c(c2)OCO3)c1. The van der Waals surface area contributed by atoms with Crippen molar-refractivity contribution in [3.05, 3.63) is 41.4 Å². The summed E-state index contributed by atoms with van der Waals surface area (Å²) < 4.78 is 22.4. The lowest BCUT2D eigenvalue weighted by atomic mass is 10.0. The number of fused-ring (bicyclic) bond motifs is 1. The lowest BCUT2D eigenvalue weighted by Crippen LogP contribution is -2.16. The van der Waals surface area contributed by atoms with Gasteiger partial charge >= 0.3 is 0 Å². The lowest BCUT2D eigenvalue weighted by molar-refractivity contribution is 0.0681. The van der Waals surface area contributed by atoms with Gasteiger partial charge in [-0.2, -0.15) is 0 Å². The van der Waals surface area contributed by atoms with Crippen LogP contribution in [0.25, 0.3) is 11.1 Å². The van der Waals surface area contributed by atoms with Crippen LogP contribution in [0.5, 0.6) is 17.2 Å². The zero-order valence-corrected chi connectivity index (χ0v) is 13.3. The van der Waals surface area contributed by atoms with E-state index in [1.54, 1.807) is 0 Å². The van der Waals surface area contributed by atoms with Gasteiger partial charge in [0.1, 0.15) is 12.4 Å². The van der Waals surface area contributed by atoms with E-state index < -0.39 is 0 Å². The number of hydrogen-bond acceptors (Lipinski definition) is 4. The number of hydrogen-bond donors (Lipinski definition) is 0. The molecule has 1 unspecified atom stereocenters. The van der Waals surface area contributed by atoms with Crippen LogP contribution >= 0.6 is 11.6 Å². The standard InChI is InChI=1S/C18H17ClO4/c19-13-4-6-16(21-10-14-2-1-7-20-14)15(9-13)12-3-5-17-18(8-12)23-11-22-17/h3-6,8-9,14H,1-2,7,10-11H2. The third-order valence-electron chi connectivity index (χ3n) is 4.07. The summed E-state index contributed by atoms with van der Waals surface area (Å²) >= 11 is 6.18. The monoisotopic (exact) mass is 332 g/mol. The van der Waals surface area contributed by atoms with Gasteiger partial charge in [-0.3, -0.25) is 0 Å². The minimum absolute atomic E-state index is 0.176. The fourth-order valence-electron chi connectivity index (χ4n) is 2.88. The molecule has 0 bridgehead atoms. The molecule has 4 nitrogen and oxygen atoms in total. The van der Waals surface area contributed by atoms with Gasteiger partial charge in [0.25, 0.3) is 0 Å². The number of benzene rings is 2. The van der Waals surface area contributed by atoms with Crippen LogP contribution in [-0.4, -0.2) is 26.1 Å². The first kappa shape index (κ1) is 14.7. The van der Waals surface area contributed by atoms with Crippen molar-refractivity contribution >= 4 is 11.6 Å². The molecule has 2 aromatic carbocycles. The lowest BCUT2D eigenvalue weighted by Gasteiger charge is -2.15. The number of ether oxygens (including phenoxy) is 4. The molecule has 0 aromatic heterocycles. The van der Waals surface area contributed by atoms with E-state index in [-0.39, 0.29) is 12.9 Å². The normalized spacial score (nSPS) is 19.1. The van der Waals surface area contributed by atoms with E-state index in [9.17, 15) is 0 Å². The van der Waals surface area contributed by atoms with Gasteiger partial charge < -0.3 is 18.9 Å². The van der Waals surface area contributed by atoms with Gasteiger partial charge in [0, 0.05) is 17.2 Å². The molecule has 4 rings (SSSR count). The van der Waals surface area contributed by atoms with Crippen LogP contribution < -0.4 is 14.2 Å². The summed E-state index contributed by atoms with van der Waals surface area (Å²) in [6.07, 6.45) is 2.33. The van der Waals surface area contributed by atoms with E-state index in [0.29, 0.717) is 11.6 Å². The molecule has 120 valence electrons. The Bertz CT molecular complexity index is 710. The molecule has 2 aromatic rings. The molecule has 1 saturated heterocycles. The maximum atomic E-state index is 6.18. The van der Waals surface area contributed by atoms with Crippen LogP contribution in [0.1, 0.15) is 12.8 Å². The second-order valence-electron chi connectivity index (χ2n) is 5.65. The Hall–Kier alpha value is -1.91. The van der Waals surface area contributed by atoms with Crippen molar-refractivity contribution in [1.82, 2.24) is 0 Å². The zero-order chi connectivity index (χ0) is 15.6. The molecule has 23 heavy (non-hydrogen) atoms. The predicted octanol–water partition coefficient (Wildman–Crippen LogP) is 4.29. The maximum Gasteiger partial charge on any atom is 0.231 e. The van der Waals surface area contributed by atoms with Gasteiger partial charge in [-0.25, -0.2) is 0 Å². The van der Waals surface area contributed by atoms with E-state index in [0.717, 1.165) is 47.8 Å². The van der Waals surface area contributed by atoms with E-state index in [4.69, 9.17) is 30.5 Å². The van der Waals surface area contributed by atoms with Gasteiger partial charge in [-0.15, -0.1) is 0 Å². The molecular formula is C18H17ClO4. The highest BCUT2D eigenvalue weighted by Gasteiger charge is 2.19. The topological polar surface area (TPSA) is 36.9 Å². The van der Waals surface area contributed by atoms with Crippen LogP contribution in [0.15, 0.2) is 36.4 Å². The van der Waals surface area contributed by atoms with Crippen LogP contribution in [0.4, 0.5) is 0 Å². The van der Waals surface area contributed by atoms with Gasteiger partial charge in [0.2, 0.25) is 6.79 Å². The van der Waals surface area contributed by atoms with Gasteiger partial charge in [-0.05, 0) is 48.7 Å². The quantitative estimate of drug-likeness (QED) is 0.836. The Kier molecular flexibility index (Phi) is 4.02. The van der Waals surface area contributed by atoms with Crippen LogP contribution in [0.2, 0.25) is 5.02 Å². The van der Waals surface area contributed by atoms with Crippen molar-refractivity contribution in [2.75, 3.05) is 20.0 Å². The first-order valence-electron chi connectivity index (χ1n) is 7.73. The maximum absolute atomic E-state index is 6.18. The molecular weight excluding hydrogens is 316 g/mol. The van der Waals surface area contributed by atoms with Crippen molar-refractivity contribution in [3.8, 4) is 28.4 Å². The van der Waals surface area contributed by atoms with Crippen molar-refractivity contribution in [2.45, 2.75) is 18.9 Å². The highest BCUT2D eigenvalue weighted by Crippen LogP contribution is 2.39. The molecule has 0 amide bonds. The Labute approximate surface area is 139 Å². The van der Waals surface area contributed by atoms with E-state index in [1.807, 2.05) is 36.4 Å². The van der Waals surface area contributed by atoms with Crippen LogP contribution in [0, 0.1) is 0 Å². The molecule has 1 atom stereocenters. The van der Waals surface area contributed by atoms with Gasteiger partial charge in [0.05, 0.1) is 6.10 Å². The molecule has 2 aliphatic rings. The summed E-state index contributed by atoms with van der Waals surface area (Å²) in [6, 6.07) is 11.5. The fourth-order valence-corrected chi connectivity index (χ4v) is 3.05. The third-order valence-corrected chi connectivity index (χ3v) is 4.31. The van der Waals surface area contributed by atoms with Crippen molar-refractivity contribution < 1.29 is 18.9 Å². The average Bonchev–Trinajstić information content (AvgIpc) is 3.24. The van der Waals surface area contributed by atoms with E-state index >= 15 is 0 Å². The predicted molar refractivity (Wildman–Crippen MR) is 87.5 cm³/mol. The number of halogens is 1. The highest BCUT2D eigenvalue weighted by molar-refractivity contribution is 6.31. The minimum Gasteiger partial charge on any atom is -0.490 e. The van der Waals surface area contributed by atoms with E-state index in [1.165, 1.54) is 0 Å². The summed E-state index contributed by atoms with van der Waals surface area (Å²) in [5.74, 6) is 2.30. The Morgan fingerprint density at radius 1 is 1.09 bits per heavy atom. The van der Waals surface area contributed by atoms with Crippen LogP contribution in [-0.2, 0) is 4.74 Å². The smallest absolute Gasteiger partial charge is 0.231 e. The summed E-state index contributed by atoms with van der Waals surface area (Å²) in [5.41, 5.74) is 1.92. The van der Waals surface area contributed by atoms with Gasteiger partial charge in [-0.1, -0.05) is 17.7 Å². The highest BCUT2D eigenvalue weighted by atomic mass is 35.5.